The molecule has 2 amide bonds. The van der Waals surface area contributed by atoms with Crippen LogP contribution < -0.4 is 5.32 Å². The normalized spacial score (nSPS) is 15.2. The van der Waals surface area contributed by atoms with Crippen molar-refractivity contribution in [3.8, 4) is 0 Å². The molecule has 1 N–H and O–H groups in total. The summed E-state index contributed by atoms with van der Waals surface area (Å²) >= 11 is 0. The van der Waals surface area contributed by atoms with E-state index in [0.717, 1.165) is 18.8 Å². The first kappa shape index (κ1) is 14.5. The summed E-state index contributed by atoms with van der Waals surface area (Å²) in [5.74, 6) is -0.243. The molecule has 0 bridgehead atoms. The predicted molar refractivity (Wildman–Crippen MR) is 74.4 cm³/mol. The second-order valence-electron chi connectivity index (χ2n) is 5.09. The molecule has 20 heavy (non-hydrogen) atoms. The van der Waals surface area contributed by atoms with Gasteiger partial charge in [0.2, 0.25) is 5.91 Å². The average Bonchev–Trinajstić information content (AvgIpc) is 2.78. The van der Waals surface area contributed by atoms with Crippen LogP contribution in [0, 0.1) is 6.92 Å². The van der Waals surface area contributed by atoms with E-state index in [1.165, 1.54) is 4.90 Å². The van der Waals surface area contributed by atoms with Crippen LogP contribution in [-0.2, 0) is 11.8 Å². The molecule has 7 nitrogen and oxygen atoms in total. The number of carbonyl (C=O) groups excluding carboxylic acids is 2. The van der Waals surface area contributed by atoms with Gasteiger partial charge in [0, 0.05) is 46.0 Å². The molecule has 0 spiro atoms. The van der Waals surface area contributed by atoms with Crippen molar-refractivity contribution in [3.63, 3.8) is 0 Å². The van der Waals surface area contributed by atoms with E-state index in [4.69, 9.17) is 0 Å². The van der Waals surface area contributed by atoms with E-state index in [0.29, 0.717) is 18.8 Å². The highest BCUT2D eigenvalue weighted by Crippen LogP contribution is 2.05. The average molecular weight is 279 g/mol. The topological polar surface area (TPSA) is 70.5 Å². The number of carbonyl (C=O) groups is 2. The molecule has 1 aliphatic rings. The van der Waals surface area contributed by atoms with E-state index in [1.54, 1.807) is 29.7 Å². The molecular formula is C13H21N5O2. The number of hydrogen-bond acceptors (Lipinski definition) is 4. The van der Waals surface area contributed by atoms with Crippen molar-refractivity contribution in [2.45, 2.75) is 6.92 Å². The number of piperazine rings is 1. The van der Waals surface area contributed by atoms with Crippen molar-refractivity contribution in [2.24, 2.45) is 7.05 Å². The maximum atomic E-state index is 12.2. The van der Waals surface area contributed by atoms with Gasteiger partial charge in [-0.15, -0.1) is 0 Å². The Morgan fingerprint density at radius 2 is 2.05 bits per heavy atom. The third-order valence-electron chi connectivity index (χ3n) is 3.52. The molecule has 0 saturated carbocycles. The van der Waals surface area contributed by atoms with Gasteiger partial charge in [-0.05, 0) is 13.0 Å². The first-order valence-electron chi connectivity index (χ1n) is 6.73. The Morgan fingerprint density at radius 1 is 1.40 bits per heavy atom. The summed E-state index contributed by atoms with van der Waals surface area (Å²) in [5, 5.41) is 7.33. The zero-order valence-corrected chi connectivity index (χ0v) is 12.2. The third kappa shape index (κ3) is 3.16. The van der Waals surface area contributed by atoms with E-state index in [1.807, 2.05) is 6.92 Å². The highest BCUT2D eigenvalue weighted by Gasteiger charge is 2.22. The first-order chi connectivity index (χ1) is 9.49. The van der Waals surface area contributed by atoms with Gasteiger partial charge in [-0.25, -0.2) is 0 Å². The van der Waals surface area contributed by atoms with E-state index in [2.05, 4.69) is 10.4 Å². The summed E-state index contributed by atoms with van der Waals surface area (Å²) in [6, 6.07) is 1.73. The number of aryl methyl sites for hydroxylation is 2. The Morgan fingerprint density at radius 3 is 2.60 bits per heavy atom. The largest absolute Gasteiger partial charge is 0.339 e. The van der Waals surface area contributed by atoms with Crippen LogP contribution in [0.2, 0.25) is 0 Å². The van der Waals surface area contributed by atoms with Gasteiger partial charge in [-0.2, -0.15) is 5.10 Å². The minimum atomic E-state index is -0.225. The van der Waals surface area contributed by atoms with Crippen LogP contribution in [0.1, 0.15) is 16.2 Å². The number of nitrogens with zero attached hydrogens (tertiary/aromatic N) is 4. The number of aromatic nitrogens is 2. The third-order valence-corrected chi connectivity index (χ3v) is 3.52. The van der Waals surface area contributed by atoms with E-state index >= 15 is 0 Å². The maximum absolute atomic E-state index is 12.2. The first-order valence-corrected chi connectivity index (χ1v) is 6.73. The Labute approximate surface area is 118 Å². The van der Waals surface area contributed by atoms with Crippen LogP contribution in [0.25, 0.3) is 0 Å². The lowest BCUT2D eigenvalue weighted by molar-refractivity contribution is -0.132. The van der Waals surface area contributed by atoms with Crippen molar-refractivity contribution in [1.29, 1.82) is 0 Å². The number of nitrogens with one attached hydrogen (secondary N) is 1. The van der Waals surface area contributed by atoms with E-state index in [-0.39, 0.29) is 18.4 Å². The Bertz CT molecular complexity index is 485. The quantitative estimate of drug-likeness (QED) is 0.789. The number of likely N-dealkylation sites (N-methyl/N-ethyl adjacent to an activating group) is 1. The van der Waals surface area contributed by atoms with Crippen molar-refractivity contribution in [2.75, 3.05) is 39.8 Å². The van der Waals surface area contributed by atoms with Crippen LogP contribution in [0.3, 0.4) is 0 Å². The summed E-state index contributed by atoms with van der Waals surface area (Å²) in [6.07, 6.45) is 0. The fourth-order valence-electron chi connectivity index (χ4n) is 2.15. The SMILES string of the molecule is Cc1cc(C(=O)N(C)CC(=O)N2CCNCC2)nn1C. The minimum absolute atomic E-state index is 0.0185. The van der Waals surface area contributed by atoms with Crippen molar-refractivity contribution < 1.29 is 9.59 Å². The van der Waals surface area contributed by atoms with Gasteiger partial charge in [0.1, 0.15) is 0 Å². The summed E-state index contributed by atoms with van der Waals surface area (Å²) in [5.41, 5.74) is 1.29. The Balaban J connectivity index is 1.95. The predicted octanol–water partition coefficient (Wildman–Crippen LogP) is -0.768. The maximum Gasteiger partial charge on any atom is 0.274 e. The van der Waals surface area contributed by atoms with Crippen molar-refractivity contribution in [1.82, 2.24) is 24.9 Å². The van der Waals surface area contributed by atoms with Crippen LogP contribution in [-0.4, -0.2) is 71.2 Å². The molecule has 0 aliphatic carbocycles. The molecule has 0 radical (unpaired) electrons. The molecule has 2 heterocycles. The smallest absolute Gasteiger partial charge is 0.274 e. The van der Waals surface area contributed by atoms with Crippen LogP contribution in [0.5, 0.6) is 0 Å². The summed E-state index contributed by atoms with van der Waals surface area (Å²) in [4.78, 5) is 27.5. The van der Waals surface area contributed by atoms with Crippen LogP contribution >= 0.6 is 0 Å². The Hall–Kier alpha value is -1.89. The molecule has 7 heteroatoms. The van der Waals surface area contributed by atoms with Gasteiger partial charge in [0.05, 0.1) is 6.54 Å². The number of hydrogen-bond donors (Lipinski definition) is 1. The zero-order chi connectivity index (χ0) is 14.7. The Kier molecular flexibility index (Phi) is 4.39. The van der Waals surface area contributed by atoms with E-state index < -0.39 is 0 Å². The molecule has 0 aromatic carbocycles. The fraction of sp³-hybridized carbons (Fsp3) is 0.615. The van der Waals surface area contributed by atoms with Crippen LogP contribution in [0.4, 0.5) is 0 Å². The lowest BCUT2D eigenvalue weighted by atomic mass is 10.3. The standard InChI is InChI=1S/C13H21N5O2/c1-10-8-11(15-17(10)3)13(20)16(2)9-12(19)18-6-4-14-5-7-18/h8,14H,4-7,9H2,1-3H3. The molecule has 1 aliphatic heterocycles. The number of amides is 2. The summed E-state index contributed by atoms with van der Waals surface area (Å²) in [6.45, 7) is 4.99. The highest BCUT2D eigenvalue weighted by atomic mass is 16.2. The molecule has 110 valence electrons. The minimum Gasteiger partial charge on any atom is -0.339 e. The van der Waals surface area contributed by atoms with Gasteiger partial charge in [-0.3, -0.25) is 14.3 Å². The van der Waals surface area contributed by atoms with Gasteiger partial charge in [0.25, 0.3) is 5.91 Å². The van der Waals surface area contributed by atoms with E-state index in [9.17, 15) is 9.59 Å². The highest BCUT2D eigenvalue weighted by molar-refractivity contribution is 5.94. The second-order valence-corrected chi connectivity index (χ2v) is 5.09. The van der Waals surface area contributed by atoms with Crippen LogP contribution in [0.15, 0.2) is 6.07 Å². The monoisotopic (exact) mass is 279 g/mol. The lowest BCUT2D eigenvalue weighted by Gasteiger charge is -2.29. The van der Waals surface area contributed by atoms with Gasteiger partial charge in [0.15, 0.2) is 5.69 Å². The van der Waals surface area contributed by atoms with Crippen molar-refractivity contribution >= 4 is 11.8 Å². The lowest BCUT2D eigenvalue weighted by Crippen LogP contribution is -2.49. The molecule has 0 atom stereocenters. The molecule has 1 aromatic rings. The second kappa shape index (κ2) is 6.04. The molecule has 2 rings (SSSR count). The summed E-state index contributed by atoms with van der Waals surface area (Å²) < 4.78 is 1.65. The van der Waals surface area contributed by atoms with Gasteiger partial charge in [-0.1, -0.05) is 0 Å². The molecule has 1 fully saturated rings. The number of rotatable bonds is 3. The van der Waals surface area contributed by atoms with Crippen molar-refractivity contribution in [3.05, 3.63) is 17.5 Å². The molecule has 1 aromatic heterocycles. The molecule has 1 saturated heterocycles. The summed E-state index contributed by atoms with van der Waals surface area (Å²) in [7, 11) is 3.42. The zero-order valence-electron chi connectivity index (χ0n) is 12.2. The van der Waals surface area contributed by atoms with Gasteiger partial charge < -0.3 is 15.1 Å². The molecule has 0 unspecified atom stereocenters. The molecular weight excluding hydrogens is 258 g/mol. The fourth-order valence-corrected chi connectivity index (χ4v) is 2.15. The van der Waals surface area contributed by atoms with Gasteiger partial charge >= 0.3 is 0 Å².